The number of hydrogen-bond acceptors (Lipinski definition) is 8. The number of para-hydroxylation sites is 1. The molecule has 2 atom stereocenters. The van der Waals surface area contributed by atoms with Crippen molar-refractivity contribution in [1.82, 2.24) is 5.48 Å². The van der Waals surface area contributed by atoms with Gasteiger partial charge in [-0.2, -0.15) is 5.48 Å². The van der Waals surface area contributed by atoms with Gasteiger partial charge in [0, 0.05) is 16.9 Å². The fourth-order valence-corrected chi connectivity index (χ4v) is 2.94. The summed E-state index contributed by atoms with van der Waals surface area (Å²) in [6.45, 7) is 1.02. The van der Waals surface area contributed by atoms with E-state index in [9.17, 15) is 24.0 Å². The first-order chi connectivity index (χ1) is 16.5. The second-order valence-corrected chi connectivity index (χ2v) is 7.23. The van der Waals surface area contributed by atoms with Crippen molar-refractivity contribution < 1.29 is 33.9 Å². The fourth-order valence-electron chi connectivity index (χ4n) is 2.94. The highest BCUT2D eigenvalue weighted by atomic mass is 16.7. The van der Waals surface area contributed by atoms with Gasteiger partial charge >= 0.3 is 18.0 Å². The molecular formula is C22H24N6O7. The van der Waals surface area contributed by atoms with Crippen LogP contribution in [0.4, 0.5) is 16.2 Å². The number of amidine groups is 1. The number of aliphatic carboxylic acids is 1. The summed E-state index contributed by atoms with van der Waals surface area (Å²) >= 11 is 0. The lowest BCUT2D eigenvalue weighted by molar-refractivity contribution is -0.153. The highest BCUT2D eigenvalue weighted by molar-refractivity contribution is 6.14. The lowest BCUT2D eigenvalue weighted by Crippen LogP contribution is -2.56. The number of rotatable bonds is 9. The molecule has 0 aliphatic heterocycles. The molecule has 0 saturated heterocycles. The molecule has 0 bridgehead atoms. The number of ketones is 1. The number of benzene rings is 2. The Morgan fingerprint density at radius 1 is 1.06 bits per heavy atom. The van der Waals surface area contributed by atoms with E-state index in [2.05, 4.69) is 5.32 Å². The third-order valence-electron chi connectivity index (χ3n) is 4.55. The van der Waals surface area contributed by atoms with Gasteiger partial charge in [0.2, 0.25) is 5.91 Å². The van der Waals surface area contributed by atoms with Gasteiger partial charge in [0.15, 0.2) is 11.8 Å². The Bertz CT molecular complexity index is 1120. The van der Waals surface area contributed by atoms with Gasteiger partial charge in [-0.3, -0.25) is 24.7 Å². The zero-order valence-electron chi connectivity index (χ0n) is 18.6. The number of carbonyl (C=O) groups excluding carboxylic acids is 4. The maximum atomic E-state index is 12.9. The monoisotopic (exact) mass is 484 g/mol. The summed E-state index contributed by atoms with van der Waals surface area (Å²) in [5, 5.41) is 18.7. The molecule has 184 valence electrons. The van der Waals surface area contributed by atoms with Crippen LogP contribution in [0.1, 0.15) is 18.9 Å². The Labute approximate surface area is 199 Å². The highest BCUT2D eigenvalue weighted by Gasteiger charge is 2.39. The number of nitrogens with zero attached hydrogens (tertiary/aromatic N) is 1. The van der Waals surface area contributed by atoms with Gasteiger partial charge < -0.3 is 26.7 Å². The number of amides is 3. The van der Waals surface area contributed by atoms with E-state index < -0.39 is 48.2 Å². The molecule has 2 aromatic carbocycles. The Hall–Kier alpha value is -4.78. The number of nitrogens with one attached hydrogen (secondary N) is 3. The van der Waals surface area contributed by atoms with E-state index in [0.717, 1.165) is 11.8 Å². The first-order valence-corrected chi connectivity index (χ1v) is 10.1. The molecule has 0 aromatic heterocycles. The summed E-state index contributed by atoms with van der Waals surface area (Å²) in [6.07, 6.45) is -0.745. The second-order valence-electron chi connectivity index (χ2n) is 7.23. The molecule has 2 rings (SSSR count). The fraction of sp³-hybridized carbons (Fsp3) is 0.182. The highest BCUT2D eigenvalue weighted by Crippen LogP contribution is 2.20. The molecule has 0 fully saturated rings. The van der Waals surface area contributed by atoms with E-state index in [1.807, 2.05) is 5.48 Å². The van der Waals surface area contributed by atoms with E-state index in [1.54, 1.807) is 6.07 Å². The molecule has 0 unspecified atom stereocenters. The Kier molecular flexibility index (Phi) is 9.00. The van der Waals surface area contributed by atoms with Gasteiger partial charge in [0.1, 0.15) is 5.84 Å². The Morgan fingerprint density at radius 2 is 1.66 bits per heavy atom. The van der Waals surface area contributed by atoms with Crippen molar-refractivity contribution in [3.8, 4) is 0 Å². The Morgan fingerprint density at radius 3 is 2.17 bits per heavy atom. The van der Waals surface area contributed by atoms with Crippen molar-refractivity contribution in [2.75, 3.05) is 10.2 Å². The average molecular weight is 484 g/mol. The number of nitrogen functional groups attached to an aromatic ring is 1. The minimum absolute atomic E-state index is 0.0884. The number of carboxylic acid groups (broad SMARTS) is 1. The standard InChI is InChI=1S/C22H24N6O7/c1-12(29)18(28(15-5-3-2-4-6-15)20(32)16(23)11-17(30)31)21(33)35-27-22(34)26-14-9-7-13(8-10-14)19(24)25/h2-10,16,18H,11,23H2,1H3,(H3,24,25)(H,30,31)(H2,26,27,34)/t16-,18-/m0/s1. The van der Waals surface area contributed by atoms with Gasteiger partial charge in [-0.25, -0.2) is 9.59 Å². The van der Waals surface area contributed by atoms with E-state index in [0.29, 0.717) is 5.56 Å². The quantitative estimate of drug-likeness (QED) is 0.125. The van der Waals surface area contributed by atoms with Gasteiger partial charge in [0.05, 0.1) is 12.5 Å². The van der Waals surface area contributed by atoms with Crippen LogP contribution in [0.5, 0.6) is 0 Å². The van der Waals surface area contributed by atoms with Crippen molar-refractivity contribution >= 4 is 46.9 Å². The minimum atomic E-state index is -1.86. The SMILES string of the molecule is CC(=O)[C@@H](C(=O)ONC(=O)Nc1ccc(C(=N)N)cc1)N(C(=O)[C@@H](N)CC(=O)O)c1ccccc1. The smallest absolute Gasteiger partial charge is 0.362 e. The molecule has 13 nitrogen and oxygen atoms in total. The average Bonchev–Trinajstić information content (AvgIpc) is 2.80. The van der Waals surface area contributed by atoms with Crippen molar-refractivity contribution in [2.45, 2.75) is 25.4 Å². The van der Waals surface area contributed by atoms with Crippen LogP contribution in [0, 0.1) is 5.41 Å². The Balaban J connectivity index is 2.18. The van der Waals surface area contributed by atoms with Crippen LogP contribution in [0.2, 0.25) is 0 Å². The van der Waals surface area contributed by atoms with Crippen LogP contribution in [0.3, 0.4) is 0 Å². The zero-order chi connectivity index (χ0) is 26.1. The third kappa shape index (κ3) is 7.36. The molecule has 35 heavy (non-hydrogen) atoms. The zero-order valence-corrected chi connectivity index (χ0v) is 18.6. The summed E-state index contributed by atoms with van der Waals surface area (Å²) in [6, 6.07) is 9.00. The van der Waals surface area contributed by atoms with E-state index in [-0.39, 0.29) is 17.2 Å². The summed E-state index contributed by atoms with van der Waals surface area (Å²) in [5.74, 6) is -4.65. The van der Waals surface area contributed by atoms with Crippen LogP contribution < -0.4 is 27.2 Å². The molecule has 0 spiro atoms. The first-order valence-electron chi connectivity index (χ1n) is 10.1. The molecule has 3 amide bonds. The van der Waals surface area contributed by atoms with Crippen molar-refractivity contribution in [2.24, 2.45) is 11.5 Å². The molecular weight excluding hydrogens is 460 g/mol. The molecule has 0 radical (unpaired) electrons. The largest absolute Gasteiger partial charge is 0.481 e. The van der Waals surface area contributed by atoms with E-state index in [4.69, 9.17) is 26.8 Å². The lowest BCUT2D eigenvalue weighted by atomic mass is 10.1. The number of carboxylic acids is 1. The predicted octanol–water partition coefficient (Wildman–Crippen LogP) is 0.343. The number of Topliss-reactive ketones (excluding diaryl/α,β-unsaturated/α-hetero) is 1. The summed E-state index contributed by atoms with van der Waals surface area (Å²) in [5.41, 5.74) is 13.7. The maximum absolute atomic E-state index is 12.9. The molecule has 2 aromatic rings. The number of carbonyl (C=O) groups is 5. The predicted molar refractivity (Wildman–Crippen MR) is 124 cm³/mol. The van der Waals surface area contributed by atoms with Crippen molar-refractivity contribution in [1.29, 1.82) is 5.41 Å². The molecule has 13 heteroatoms. The van der Waals surface area contributed by atoms with E-state index in [1.165, 1.54) is 48.5 Å². The number of hydroxylamine groups is 1. The second kappa shape index (κ2) is 11.9. The van der Waals surface area contributed by atoms with Gasteiger partial charge in [-0.1, -0.05) is 18.2 Å². The molecule has 0 heterocycles. The summed E-state index contributed by atoms with van der Waals surface area (Å²) < 4.78 is 0. The van der Waals surface area contributed by atoms with Crippen LogP contribution >= 0.6 is 0 Å². The summed E-state index contributed by atoms with van der Waals surface area (Å²) in [4.78, 5) is 66.7. The molecule has 0 aliphatic carbocycles. The van der Waals surface area contributed by atoms with Crippen molar-refractivity contribution in [3.63, 3.8) is 0 Å². The van der Waals surface area contributed by atoms with Gasteiger partial charge in [0.25, 0.3) is 0 Å². The number of nitrogens with two attached hydrogens (primary N) is 2. The topological polar surface area (TPSA) is 218 Å². The normalized spacial score (nSPS) is 11.9. The maximum Gasteiger partial charge on any atom is 0.362 e. The van der Waals surface area contributed by atoms with E-state index >= 15 is 0 Å². The number of urea groups is 1. The van der Waals surface area contributed by atoms with Gasteiger partial charge in [-0.15, -0.1) is 0 Å². The van der Waals surface area contributed by atoms with Crippen LogP contribution in [-0.2, 0) is 24.0 Å². The number of anilines is 2. The summed E-state index contributed by atoms with van der Waals surface area (Å²) in [7, 11) is 0. The molecule has 0 saturated carbocycles. The van der Waals surface area contributed by atoms with Crippen LogP contribution in [0.15, 0.2) is 54.6 Å². The minimum Gasteiger partial charge on any atom is -0.481 e. The number of hydrogen-bond donors (Lipinski definition) is 6. The third-order valence-corrected chi connectivity index (χ3v) is 4.55. The van der Waals surface area contributed by atoms with Crippen LogP contribution in [-0.4, -0.2) is 52.7 Å². The molecule has 0 aliphatic rings. The van der Waals surface area contributed by atoms with Crippen LogP contribution in [0.25, 0.3) is 0 Å². The van der Waals surface area contributed by atoms with Gasteiger partial charge in [-0.05, 0) is 43.3 Å². The van der Waals surface area contributed by atoms with Crippen molar-refractivity contribution in [3.05, 3.63) is 60.2 Å². The first kappa shape index (κ1) is 26.5. The molecule has 8 N–H and O–H groups in total. The lowest BCUT2D eigenvalue weighted by Gasteiger charge is -2.30.